The molecule has 3 fully saturated rings. The van der Waals surface area contributed by atoms with Crippen molar-refractivity contribution in [3.05, 3.63) is 65.2 Å². The highest BCUT2D eigenvalue weighted by Crippen LogP contribution is 2.33. The second-order valence-electron chi connectivity index (χ2n) is 15.4. The standard InChI is InChI=1S/C39H52N6O7/c1-39(2,3)34(40)38(50)44-22-26(21-31(44)37(49)43-18-20-52-32(24-43)25-11-6-4-7-12-25)51-19-9-5-8-17-41-29-14-10-13-27-28(29)23-45(36(27)48)30-15-16-33(46)42-35(30)47/h4,6-7,10-14,26,30-32,34,41H,5,8-9,15-24,40H2,1-3H3,(H,42,46,47)/t26-,30?,31-,32-,34+/m0/s1. The Balaban J connectivity index is 0.985. The molecule has 4 heterocycles. The third-order valence-electron chi connectivity index (χ3n) is 10.7. The van der Waals surface area contributed by atoms with Crippen LogP contribution >= 0.6 is 0 Å². The maximum Gasteiger partial charge on any atom is 0.255 e. The summed E-state index contributed by atoms with van der Waals surface area (Å²) in [7, 11) is 0. The number of hydrogen-bond acceptors (Lipinski definition) is 9. The maximum atomic E-state index is 14.0. The minimum absolute atomic E-state index is 0.0924. The molecule has 0 saturated carbocycles. The van der Waals surface area contributed by atoms with Gasteiger partial charge in [0.1, 0.15) is 18.2 Å². The zero-order valence-electron chi connectivity index (χ0n) is 30.5. The van der Waals surface area contributed by atoms with Crippen LogP contribution in [0.1, 0.15) is 86.9 Å². The van der Waals surface area contributed by atoms with E-state index < -0.39 is 29.4 Å². The molecule has 0 aliphatic carbocycles. The van der Waals surface area contributed by atoms with E-state index in [-0.39, 0.29) is 42.3 Å². The molecule has 52 heavy (non-hydrogen) atoms. The number of imide groups is 1. The van der Waals surface area contributed by atoms with Crippen molar-refractivity contribution in [3.63, 3.8) is 0 Å². The summed E-state index contributed by atoms with van der Waals surface area (Å²) in [5.41, 5.74) is 9.30. The number of unbranched alkanes of at least 4 members (excludes halogenated alkanes) is 2. The lowest BCUT2D eigenvalue weighted by molar-refractivity contribution is -0.150. The molecular formula is C39H52N6O7. The van der Waals surface area contributed by atoms with Gasteiger partial charge in [0.25, 0.3) is 5.91 Å². The predicted molar refractivity (Wildman–Crippen MR) is 194 cm³/mol. The van der Waals surface area contributed by atoms with Gasteiger partial charge in [-0.25, -0.2) is 0 Å². The number of amides is 5. The SMILES string of the molecule is CC(C)(C)[C@H](N)C(=O)N1C[C@@H](OCCCCCNc2cccc3c2CN(C2CCC(=O)NC2=O)C3=O)C[C@H]1C(=O)N1CCO[C@H](c2ccccc2)C1. The van der Waals surface area contributed by atoms with Gasteiger partial charge in [-0.05, 0) is 48.8 Å². The number of nitrogens with zero attached hydrogens (tertiary/aromatic N) is 3. The number of hydrogen-bond donors (Lipinski definition) is 3. The molecule has 5 atom stereocenters. The third kappa shape index (κ3) is 8.32. The van der Waals surface area contributed by atoms with Gasteiger partial charge in [0.05, 0.1) is 25.3 Å². The molecule has 1 unspecified atom stereocenters. The van der Waals surface area contributed by atoms with Crippen molar-refractivity contribution in [3.8, 4) is 0 Å². The Hall–Kier alpha value is -4.33. The number of anilines is 1. The Morgan fingerprint density at radius 2 is 1.83 bits per heavy atom. The van der Waals surface area contributed by atoms with Gasteiger partial charge in [-0.15, -0.1) is 0 Å². The highest BCUT2D eigenvalue weighted by molar-refractivity contribution is 6.06. The molecule has 0 radical (unpaired) electrons. The van der Waals surface area contributed by atoms with E-state index in [1.165, 1.54) is 0 Å². The number of nitrogens with two attached hydrogens (primary N) is 1. The van der Waals surface area contributed by atoms with Crippen molar-refractivity contribution in [1.82, 2.24) is 20.0 Å². The second-order valence-corrected chi connectivity index (χ2v) is 15.4. The largest absolute Gasteiger partial charge is 0.385 e. The second kappa shape index (κ2) is 16.1. The number of likely N-dealkylation sites (tertiary alicyclic amines) is 1. The van der Waals surface area contributed by atoms with Gasteiger partial charge in [0, 0.05) is 62.4 Å². The fourth-order valence-electron chi connectivity index (χ4n) is 7.50. The first-order valence-corrected chi connectivity index (χ1v) is 18.6. The number of rotatable bonds is 12. The van der Waals surface area contributed by atoms with E-state index in [0.717, 1.165) is 36.1 Å². The minimum Gasteiger partial charge on any atom is -0.385 e. The summed E-state index contributed by atoms with van der Waals surface area (Å²) >= 11 is 0. The van der Waals surface area contributed by atoms with Crippen LogP contribution in [-0.4, -0.2) is 108 Å². The zero-order chi connectivity index (χ0) is 37.0. The van der Waals surface area contributed by atoms with Crippen LogP contribution in [-0.2, 0) is 35.2 Å². The zero-order valence-corrected chi connectivity index (χ0v) is 30.5. The average molecular weight is 717 g/mol. The summed E-state index contributed by atoms with van der Waals surface area (Å²) in [5.74, 6) is -1.24. The Bertz CT molecular complexity index is 1650. The summed E-state index contributed by atoms with van der Waals surface area (Å²) in [5, 5.41) is 5.81. The highest BCUT2D eigenvalue weighted by Gasteiger charge is 2.45. The van der Waals surface area contributed by atoms with Gasteiger partial charge in [0.2, 0.25) is 23.6 Å². The third-order valence-corrected chi connectivity index (χ3v) is 10.7. The van der Waals surface area contributed by atoms with Gasteiger partial charge < -0.3 is 35.2 Å². The molecule has 3 saturated heterocycles. The van der Waals surface area contributed by atoms with Crippen LogP contribution in [0.5, 0.6) is 0 Å². The van der Waals surface area contributed by atoms with Gasteiger partial charge >= 0.3 is 0 Å². The van der Waals surface area contributed by atoms with Crippen molar-refractivity contribution in [1.29, 1.82) is 0 Å². The first kappa shape index (κ1) is 37.4. The molecule has 0 spiro atoms. The van der Waals surface area contributed by atoms with E-state index in [9.17, 15) is 24.0 Å². The quantitative estimate of drug-likeness (QED) is 0.221. The molecule has 4 aliphatic rings. The van der Waals surface area contributed by atoms with Crippen LogP contribution in [0.25, 0.3) is 0 Å². The predicted octanol–water partition coefficient (Wildman–Crippen LogP) is 2.99. The van der Waals surface area contributed by atoms with Crippen molar-refractivity contribution in [2.75, 3.05) is 44.7 Å². The first-order chi connectivity index (χ1) is 24.9. The number of benzene rings is 2. The molecule has 0 bridgehead atoms. The summed E-state index contributed by atoms with van der Waals surface area (Å²) in [6.45, 7) is 8.94. The van der Waals surface area contributed by atoms with Gasteiger partial charge in [-0.2, -0.15) is 0 Å². The van der Waals surface area contributed by atoms with E-state index in [4.69, 9.17) is 15.2 Å². The van der Waals surface area contributed by atoms with E-state index >= 15 is 0 Å². The lowest BCUT2D eigenvalue weighted by atomic mass is 9.86. The molecule has 2 aromatic carbocycles. The van der Waals surface area contributed by atoms with E-state index in [1.807, 2.05) is 68.1 Å². The molecule has 6 rings (SSSR count). The fraction of sp³-hybridized carbons (Fsp3) is 0.564. The van der Waals surface area contributed by atoms with E-state index in [1.54, 1.807) is 15.9 Å². The molecule has 4 aliphatic heterocycles. The van der Waals surface area contributed by atoms with Crippen LogP contribution in [0.2, 0.25) is 0 Å². The minimum atomic E-state index is -0.750. The van der Waals surface area contributed by atoms with Gasteiger partial charge in [-0.1, -0.05) is 57.2 Å². The molecular weight excluding hydrogens is 664 g/mol. The number of carbonyl (C=O) groups excluding carboxylic acids is 5. The van der Waals surface area contributed by atoms with Crippen molar-refractivity contribution in [2.45, 2.75) is 96.2 Å². The molecule has 5 amide bonds. The molecule has 0 aromatic heterocycles. The van der Waals surface area contributed by atoms with Crippen molar-refractivity contribution >= 4 is 35.2 Å². The monoisotopic (exact) mass is 716 g/mol. The highest BCUT2D eigenvalue weighted by atomic mass is 16.5. The number of morpholine rings is 1. The Labute approximate surface area is 305 Å². The summed E-state index contributed by atoms with van der Waals surface area (Å²) in [6, 6.07) is 13.4. The van der Waals surface area contributed by atoms with Crippen molar-refractivity contribution in [2.24, 2.45) is 11.1 Å². The van der Waals surface area contributed by atoms with Crippen LogP contribution in [0, 0.1) is 5.41 Å². The van der Waals surface area contributed by atoms with Crippen LogP contribution in [0.4, 0.5) is 5.69 Å². The maximum absolute atomic E-state index is 14.0. The first-order valence-electron chi connectivity index (χ1n) is 18.6. The number of piperidine rings is 1. The fourth-order valence-corrected chi connectivity index (χ4v) is 7.50. The summed E-state index contributed by atoms with van der Waals surface area (Å²) in [6.07, 6.45) is 3.05. The Morgan fingerprint density at radius 1 is 1.04 bits per heavy atom. The topological polar surface area (TPSA) is 164 Å². The van der Waals surface area contributed by atoms with E-state index in [0.29, 0.717) is 64.3 Å². The molecule has 13 nitrogen and oxygen atoms in total. The smallest absolute Gasteiger partial charge is 0.255 e. The molecule has 4 N–H and O–H groups in total. The molecule has 280 valence electrons. The Morgan fingerprint density at radius 3 is 2.58 bits per heavy atom. The molecule has 13 heteroatoms. The van der Waals surface area contributed by atoms with Gasteiger partial charge in [0.15, 0.2) is 0 Å². The van der Waals surface area contributed by atoms with Gasteiger partial charge in [-0.3, -0.25) is 29.3 Å². The summed E-state index contributed by atoms with van der Waals surface area (Å²) < 4.78 is 12.3. The summed E-state index contributed by atoms with van der Waals surface area (Å²) in [4.78, 5) is 69.9. The number of carbonyl (C=O) groups is 5. The van der Waals surface area contributed by atoms with Crippen LogP contribution < -0.4 is 16.4 Å². The lowest BCUT2D eigenvalue weighted by Gasteiger charge is -2.37. The van der Waals surface area contributed by atoms with Crippen LogP contribution in [0.15, 0.2) is 48.5 Å². The molecule has 2 aromatic rings. The average Bonchev–Trinajstić information content (AvgIpc) is 3.71. The van der Waals surface area contributed by atoms with Crippen LogP contribution in [0.3, 0.4) is 0 Å². The number of ether oxygens (including phenoxy) is 2. The lowest BCUT2D eigenvalue weighted by Crippen LogP contribution is -2.56. The van der Waals surface area contributed by atoms with E-state index in [2.05, 4.69) is 10.6 Å². The number of fused-ring (bicyclic) bond motifs is 1. The van der Waals surface area contributed by atoms with Crippen molar-refractivity contribution < 1.29 is 33.4 Å². The Kier molecular flexibility index (Phi) is 11.6. The normalized spacial score (nSPS) is 24.2. The number of nitrogens with one attached hydrogen (secondary N) is 2.